The molecule has 18 heavy (non-hydrogen) atoms. The van der Waals surface area contributed by atoms with E-state index < -0.39 is 15.3 Å². The normalized spacial score (nSPS) is 17.2. The van der Waals surface area contributed by atoms with Crippen LogP contribution in [0.3, 0.4) is 0 Å². The first-order valence-electron chi connectivity index (χ1n) is 5.78. The van der Waals surface area contributed by atoms with Gasteiger partial charge in [0.2, 0.25) is 15.9 Å². The second-order valence-corrected chi connectivity index (χ2v) is 7.06. The molecule has 0 saturated heterocycles. The van der Waals surface area contributed by atoms with Crippen molar-refractivity contribution < 1.29 is 13.2 Å². The molecule has 98 valence electrons. The van der Waals surface area contributed by atoms with Crippen molar-refractivity contribution in [1.29, 1.82) is 0 Å². The standard InChI is InChI=1S/C12H16N2O3S/c1-9(2)18(16,17)14-7-10-5-3-4-6-11(10)13-12(15)8-14/h3-6,9H,7-8H2,1-2H3,(H,13,15). The second-order valence-electron chi connectivity index (χ2n) is 4.57. The van der Waals surface area contributed by atoms with Crippen molar-refractivity contribution in [2.75, 3.05) is 11.9 Å². The lowest BCUT2D eigenvalue weighted by Crippen LogP contribution is -2.39. The third-order valence-corrected chi connectivity index (χ3v) is 5.08. The number of hydrogen-bond acceptors (Lipinski definition) is 3. The molecule has 0 saturated carbocycles. The number of carbonyl (C=O) groups excluding carboxylic acids is 1. The lowest BCUT2D eigenvalue weighted by Gasteiger charge is -2.21. The number of nitrogens with zero attached hydrogens (tertiary/aromatic N) is 1. The summed E-state index contributed by atoms with van der Waals surface area (Å²) in [6, 6.07) is 7.24. The molecule has 1 N–H and O–H groups in total. The van der Waals surface area contributed by atoms with Gasteiger partial charge in [-0.1, -0.05) is 18.2 Å². The van der Waals surface area contributed by atoms with E-state index in [0.29, 0.717) is 5.69 Å². The number of amides is 1. The van der Waals surface area contributed by atoms with Crippen molar-refractivity contribution in [3.05, 3.63) is 29.8 Å². The largest absolute Gasteiger partial charge is 0.325 e. The van der Waals surface area contributed by atoms with Crippen molar-refractivity contribution in [3.8, 4) is 0 Å². The predicted octanol–water partition coefficient (Wildman–Crippen LogP) is 1.18. The van der Waals surface area contributed by atoms with E-state index in [9.17, 15) is 13.2 Å². The van der Waals surface area contributed by atoms with Gasteiger partial charge in [0.1, 0.15) is 0 Å². The van der Waals surface area contributed by atoms with Crippen molar-refractivity contribution in [2.24, 2.45) is 0 Å². The Morgan fingerprint density at radius 2 is 1.89 bits per heavy atom. The molecule has 1 amide bonds. The minimum atomic E-state index is -3.43. The summed E-state index contributed by atoms with van der Waals surface area (Å²) in [5, 5.41) is 2.19. The molecule has 5 nitrogen and oxygen atoms in total. The Bertz CT molecular complexity index is 566. The summed E-state index contributed by atoms with van der Waals surface area (Å²) in [7, 11) is -3.43. The van der Waals surface area contributed by atoms with Gasteiger partial charge in [0.15, 0.2) is 0 Å². The van der Waals surface area contributed by atoms with E-state index in [1.165, 1.54) is 4.31 Å². The molecule has 0 fully saturated rings. The average molecular weight is 268 g/mol. The van der Waals surface area contributed by atoms with E-state index in [1.807, 2.05) is 18.2 Å². The number of fused-ring (bicyclic) bond motifs is 1. The predicted molar refractivity (Wildman–Crippen MR) is 69.5 cm³/mol. The fourth-order valence-corrected chi connectivity index (χ4v) is 3.07. The lowest BCUT2D eigenvalue weighted by atomic mass is 10.2. The maximum atomic E-state index is 12.1. The quantitative estimate of drug-likeness (QED) is 0.876. The summed E-state index contributed by atoms with van der Waals surface area (Å²) in [5.41, 5.74) is 1.50. The number of benzene rings is 1. The van der Waals surface area contributed by atoms with E-state index in [-0.39, 0.29) is 19.0 Å². The van der Waals surface area contributed by atoms with Crippen LogP contribution in [0.15, 0.2) is 24.3 Å². The molecule has 0 radical (unpaired) electrons. The first-order chi connectivity index (χ1) is 8.41. The van der Waals surface area contributed by atoms with Gasteiger partial charge < -0.3 is 5.32 Å². The van der Waals surface area contributed by atoms with E-state index in [1.54, 1.807) is 19.9 Å². The van der Waals surface area contributed by atoms with Crippen molar-refractivity contribution in [3.63, 3.8) is 0 Å². The summed E-state index contributed by atoms with van der Waals surface area (Å²) in [6.07, 6.45) is 0. The summed E-state index contributed by atoms with van der Waals surface area (Å²) in [6.45, 7) is 3.33. The molecule has 1 heterocycles. The van der Waals surface area contributed by atoms with E-state index >= 15 is 0 Å². The first-order valence-corrected chi connectivity index (χ1v) is 7.28. The summed E-state index contributed by atoms with van der Waals surface area (Å²) < 4.78 is 25.5. The number of nitrogens with one attached hydrogen (secondary N) is 1. The summed E-state index contributed by atoms with van der Waals surface area (Å²) >= 11 is 0. The molecular weight excluding hydrogens is 252 g/mol. The van der Waals surface area contributed by atoms with Gasteiger partial charge in [0, 0.05) is 12.2 Å². The van der Waals surface area contributed by atoms with E-state index in [4.69, 9.17) is 0 Å². The molecule has 1 aliphatic rings. The van der Waals surface area contributed by atoms with E-state index in [0.717, 1.165) is 5.56 Å². The van der Waals surface area contributed by atoms with Gasteiger partial charge in [-0.3, -0.25) is 4.79 Å². The SMILES string of the molecule is CC(C)S(=O)(=O)N1CC(=O)Nc2ccccc2C1. The Balaban J connectivity index is 2.40. The van der Waals surface area contributed by atoms with Gasteiger partial charge in [-0.2, -0.15) is 4.31 Å². The molecule has 0 bridgehead atoms. The number of rotatable bonds is 2. The Hall–Kier alpha value is -1.40. The van der Waals surface area contributed by atoms with Crippen LogP contribution in [0.25, 0.3) is 0 Å². The molecule has 6 heteroatoms. The van der Waals surface area contributed by atoms with Gasteiger partial charge >= 0.3 is 0 Å². The van der Waals surface area contributed by atoms with Crippen LogP contribution in [0, 0.1) is 0 Å². The van der Waals surface area contributed by atoms with Crippen LogP contribution < -0.4 is 5.32 Å². The highest BCUT2D eigenvalue weighted by molar-refractivity contribution is 7.89. The topological polar surface area (TPSA) is 66.5 Å². The molecule has 0 spiro atoms. The minimum absolute atomic E-state index is 0.130. The monoisotopic (exact) mass is 268 g/mol. The Kier molecular flexibility index (Phi) is 3.41. The summed E-state index contributed by atoms with van der Waals surface area (Å²) in [5.74, 6) is -0.302. The number of hydrogen-bond donors (Lipinski definition) is 1. The summed E-state index contributed by atoms with van der Waals surface area (Å²) in [4.78, 5) is 11.7. The van der Waals surface area contributed by atoms with Crippen LogP contribution in [0.5, 0.6) is 0 Å². The van der Waals surface area contributed by atoms with Crippen LogP contribution in [0.1, 0.15) is 19.4 Å². The number of carbonyl (C=O) groups is 1. The zero-order chi connectivity index (χ0) is 13.3. The molecule has 0 unspecified atom stereocenters. The Morgan fingerprint density at radius 1 is 1.22 bits per heavy atom. The lowest BCUT2D eigenvalue weighted by molar-refractivity contribution is -0.116. The zero-order valence-electron chi connectivity index (χ0n) is 10.4. The van der Waals surface area contributed by atoms with Crippen molar-refractivity contribution in [1.82, 2.24) is 4.31 Å². The van der Waals surface area contributed by atoms with Crippen molar-refractivity contribution in [2.45, 2.75) is 25.6 Å². The van der Waals surface area contributed by atoms with Gasteiger partial charge in [0.05, 0.1) is 11.8 Å². The highest BCUT2D eigenvalue weighted by Crippen LogP contribution is 2.23. The zero-order valence-corrected chi connectivity index (χ0v) is 11.2. The Labute approximate surface area is 107 Å². The molecular formula is C12H16N2O3S. The average Bonchev–Trinajstić information content (AvgIpc) is 2.46. The van der Waals surface area contributed by atoms with Gasteiger partial charge in [-0.25, -0.2) is 8.42 Å². The molecule has 2 rings (SSSR count). The van der Waals surface area contributed by atoms with Gasteiger partial charge in [-0.15, -0.1) is 0 Å². The maximum Gasteiger partial charge on any atom is 0.239 e. The van der Waals surface area contributed by atoms with Crippen LogP contribution in [-0.4, -0.2) is 30.4 Å². The molecule has 1 aliphatic heterocycles. The Morgan fingerprint density at radius 3 is 2.56 bits per heavy atom. The molecule has 0 aliphatic carbocycles. The molecule has 0 atom stereocenters. The van der Waals surface area contributed by atoms with Gasteiger partial charge in [0.25, 0.3) is 0 Å². The fraction of sp³-hybridized carbons (Fsp3) is 0.417. The molecule has 0 aromatic heterocycles. The third kappa shape index (κ3) is 2.39. The third-order valence-electron chi connectivity index (χ3n) is 2.91. The smallest absolute Gasteiger partial charge is 0.239 e. The second kappa shape index (κ2) is 4.70. The number of sulfonamides is 1. The van der Waals surface area contributed by atoms with Crippen molar-refractivity contribution >= 4 is 21.6 Å². The first kappa shape index (κ1) is 13.0. The number of para-hydroxylation sites is 1. The van der Waals surface area contributed by atoms with Crippen LogP contribution in [0.4, 0.5) is 5.69 Å². The molecule has 1 aromatic rings. The highest BCUT2D eigenvalue weighted by atomic mass is 32.2. The fourth-order valence-electron chi connectivity index (χ4n) is 1.85. The number of anilines is 1. The minimum Gasteiger partial charge on any atom is -0.325 e. The highest BCUT2D eigenvalue weighted by Gasteiger charge is 2.30. The van der Waals surface area contributed by atoms with E-state index in [2.05, 4.69) is 5.32 Å². The van der Waals surface area contributed by atoms with Crippen LogP contribution in [0.2, 0.25) is 0 Å². The van der Waals surface area contributed by atoms with Gasteiger partial charge in [-0.05, 0) is 25.5 Å². The maximum absolute atomic E-state index is 12.1. The van der Waals surface area contributed by atoms with Crippen LogP contribution in [-0.2, 0) is 21.4 Å². The van der Waals surface area contributed by atoms with Crippen LogP contribution >= 0.6 is 0 Å². The molecule has 1 aromatic carbocycles.